The number of rotatable bonds is 4. The highest BCUT2D eigenvalue weighted by atomic mass is 35.5. The number of H-pyrrole nitrogens is 1. The number of amides is 1. The number of aromatic amines is 1. The van der Waals surface area contributed by atoms with Crippen LogP contribution in [-0.2, 0) is 4.79 Å². The number of halogens is 2. The number of anilines is 1. The van der Waals surface area contributed by atoms with Gasteiger partial charge in [-0.1, -0.05) is 18.5 Å². The average Bonchev–Trinajstić information content (AvgIpc) is 3.12. The Balaban J connectivity index is 1.60. The standard InChI is InChI=1S/C19H20ClFN6O/c1-2-16(28)27-5-3-4-12(10-27)25-19-15(21)9-24-18(26-19)14-8-23-17-13(14)6-11(20)7-22-17/h6-9,12H,2-5,10H2,1H3,(H,22,23)(H,24,25,26)/t12-/m0/s1. The van der Waals surface area contributed by atoms with E-state index in [1.807, 2.05) is 11.8 Å². The molecular formula is C19H20ClFN6O. The summed E-state index contributed by atoms with van der Waals surface area (Å²) in [6.07, 6.45) is 6.62. The summed E-state index contributed by atoms with van der Waals surface area (Å²) in [6, 6.07) is 1.71. The molecule has 28 heavy (non-hydrogen) atoms. The van der Waals surface area contributed by atoms with Crippen molar-refractivity contribution in [1.82, 2.24) is 24.8 Å². The van der Waals surface area contributed by atoms with Gasteiger partial charge in [0, 0.05) is 48.9 Å². The molecule has 3 aromatic heterocycles. The highest BCUT2D eigenvalue weighted by Crippen LogP contribution is 2.28. The Morgan fingerprint density at radius 1 is 1.43 bits per heavy atom. The molecule has 1 aliphatic rings. The number of hydrogen-bond donors (Lipinski definition) is 2. The number of fused-ring (bicyclic) bond motifs is 1. The van der Waals surface area contributed by atoms with E-state index in [1.165, 1.54) is 0 Å². The highest BCUT2D eigenvalue weighted by molar-refractivity contribution is 6.31. The molecule has 4 heterocycles. The molecule has 0 saturated carbocycles. The second-order valence-corrected chi connectivity index (χ2v) is 7.26. The lowest BCUT2D eigenvalue weighted by Gasteiger charge is -2.33. The fraction of sp³-hybridized carbons (Fsp3) is 0.368. The molecule has 1 fully saturated rings. The van der Waals surface area contributed by atoms with Gasteiger partial charge in [0.15, 0.2) is 17.5 Å². The Morgan fingerprint density at radius 3 is 3.11 bits per heavy atom. The third-order valence-electron chi connectivity index (χ3n) is 4.90. The Morgan fingerprint density at radius 2 is 2.29 bits per heavy atom. The summed E-state index contributed by atoms with van der Waals surface area (Å²) in [6.45, 7) is 3.13. The van der Waals surface area contributed by atoms with E-state index in [2.05, 4.69) is 25.3 Å². The van der Waals surface area contributed by atoms with E-state index in [9.17, 15) is 9.18 Å². The van der Waals surface area contributed by atoms with E-state index in [0.29, 0.717) is 35.0 Å². The van der Waals surface area contributed by atoms with Gasteiger partial charge in [0.05, 0.1) is 11.2 Å². The predicted molar refractivity (Wildman–Crippen MR) is 106 cm³/mol. The van der Waals surface area contributed by atoms with Crippen molar-refractivity contribution in [3.63, 3.8) is 0 Å². The highest BCUT2D eigenvalue weighted by Gasteiger charge is 2.24. The van der Waals surface area contributed by atoms with Crippen LogP contribution in [0, 0.1) is 5.82 Å². The topological polar surface area (TPSA) is 86.8 Å². The zero-order valence-corrected chi connectivity index (χ0v) is 16.1. The SMILES string of the molecule is CCC(=O)N1CCC[C@H](Nc2nc(-c3c[nH]c4ncc(Cl)cc34)ncc2F)C1. The van der Waals surface area contributed by atoms with Gasteiger partial charge in [-0.15, -0.1) is 0 Å². The van der Waals surface area contributed by atoms with E-state index < -0.39 is 5.82 Å². The summed E-state index contributed by atoms with van der Waals surface area (Å²) in [5.74, 6) is 0.0823. The number of hydrogen-bond acceptors (Lipinski definition) is 5. The van der Waals surface area contributed by atoms with E-state index in [-0.39, 0.29) is 17.8 Å². The second kappa shape index (κ2) is 7.71. The minimum absolute atomic E-state index is 0.0550. The van der Waals surface area contributed by atoms with Crippen molar-refractivity contribution in [2.45, 2.75) is 32.2 Å². The van der Waals surface area contributed by atoms with Crippen molar-refractivity contribution in [1.29, 1.82) is 0 Å². The van der Waals surface area contributed by atoms with Crippen LogP contribution in [0.2, 0.25) is 5.02 Å². The lowest BCUT2D eigenvalue weighted by molar-refractivity contribution is -0.131. The van der Waals surface area contributed by atoms with Gasteiger partial charge in [-0.2, -0.15) is 0 Å². The first-order valence-electron chi connectivity index (χ1n) is 9.25. The van der Waals surface area contributed by atoms with Gasteiger partial charge in [-0.05, 0) is 18.9 Å². The van der Waals surface area contributed by atoms with E-state index in [4.69, 9.17) is 11.6 Å². The van der Waals surface area contributed by atoms with Crippen LogP contribution in [0.3, 0.4) is 0 Å². The molecule has 146 valence electrons. The first kappa shape index (κ1) is 18.6. The minimum Gasteiger partial charge on any atom is -0.363 e. The molecule has 1 saturated heterocycles. The Labute approximate surface area is 166 Å². The summed E-state index contributed by atoms with van der Waals surface area (Å²) in [7, 11) is 0. The van der Waals surface area contributed by atoms with Gasteiger partial charge in [0.2, 0.25) is 5.91 Å². The monoisotopic (exact) mass is 402 g/mol. The lowest BCUT2D eigenvalue weighted by Crippen LogP contribution is -2.45. The predicted octanol–water partition coefficient (Wildman–Crippen LogP) is 3.63. The maximum atomic E-state index is 14.4. The molecule has 1 aliphatic heterocycles. The quantitative estimate of drug-likeness (QED) is 0.696. The zero-order valence-electron chi connectivity index (χ0n) is 15.4. The molecule has 0 unspecified atom stereocenters. The maximum Gasteiger partial charge on any atom is 0.222 e. The lowest BCUT2D eigenvalue weighted by atomic mass is 10.1. The van der Waals surface area contributed by atoms with Crippen LogP contribution in [0.25, 0.3) is 22.4 Å². The van der Waals surface area contributed by atoms with Gasteiger partial charge < -0.3 is 15.2 Å². The van der Waals surface area contributed by atoms with Crippen molar-refractivity contribution < 1.29 is 9.18 Å². The average molecular weight is 403 g/mol. The molecule has 0 aliphatic carbocycles. The van der Waals surface area contributed by atoms with Crippen molar-refractivity contribution in [2.75, 3.05) is 18.4 Å². The van der Waals surface area contributed by atoms with Crippen molar-refractivity contribution in [3.05, 3.63) is 35.5 Å². The van der Waals surface area contributed by atoms with Gasteiger partial charge in [-0.3, -0.25) is 4.79 Å². The summed E-state index contributed by atoms with van der Waals surface area (Å²) in [5.41, 5.74) is 1.35. The number of nitrogens with one attached hydrogen (secondary N) is 2. The van der Waals surface area contributed by atoms with Crippen molar-refractivity contribution in [3.8, 4) is 11.4 Å². The summed E-state index contributed by atoms with van der Waals surface area (Å²) in [5, 5.41) is 4.41. The first-order valence-corrected chi connectivity index (χ1v) is 9.62. The fourth-order valence-corrected chi connectivity index (χ4v) is 3.66. The zero-order chi connectivity index (χ0) is 19.7. The number of piperidine rings is 1. The maximum absolute atomic E-state index is 14.4. The van der Waals surface area contributed by atoms with Gasteiger partial charge in [-0.25, -0.2) is 19.3 Å². The number of carbonyl (C=O) groups excluding carboxylic acids is 1. The molecule has 9 heteroatoms. The number of nitrogens with zero attached hydrogens (tertiary/aromatic N) is 4. The molecule has 1 amide bonds. The molecule has 1 atom stereocenters. The van der Waals surface area contributed by atoms with Crippen LogP contribution in [0.5, 0.6) is 0 Å². The van der Waals surface area contributed by atoms with Crippen LogP contribution < -0.4 is 5.32 Å². The third-order valence-corrected chi connectivity index (χ3v) is 5.11. The number of aromatic nitrogens is 4. The van der Waals surface area contributed by atoms with Gasteiger partial charge >= 0.3 is 0 Å². The normalized spacial score (nSPS) is 17.1. The van der Waals surface area contributed by atoms with E-state index >= 15 is 0 Å². The molecule has 0 radical (unpaired) electrons. The Hall–Kier alpha value is -2.74. The second-order valence-electron chi connectivity index (χ2n) is 6.82. The molecule has 3 aromatic rings. The molecule has 4 rings (SSSR count). The summed E-state index contributed by atoms with van der Waals surface area (Å²) >= 11 is 6.05. The van der Waals surface area contributed by atoms with Crippen LogP contribution in [0.1, 0.15) is 26.2 Å². The van der Waals surface area contributed by atoms with Crippen LogP contribution in [0.15, 0.2) is 24.7 Å². The van der Waals surface area contributed by atoms with Gasteiger partial charge in [0.25, 0.3) is 0 Å². The number of carbonyl (C=O) groups is 1. The van der Waals surface area contributed by atoms with Crippen LogP contribution in [-0.4, -0.2) is 49.9 Å². The van der Waals surface area contributed by atoms with Crippen LogP contribution >= 0.6 is 11.6 Å². The Kier molecular flexibility index (Phi) is 5.13. The summed E-state index contributed by atoms with van der Waals surface area (Å²) in [4.78, 5) is 29.6. The first-order chi connectivity index (χ1) is 13.5. The molecule has 0 spiro atoms. The van der Waals surface area contributed by atoms with Crippen molar-refractivity contribution in [2.24, 2.45) is 0 Å². The van der Waals surface area contributed by atoms with Gasteiger partial charge in [0.1, 0.15) is 5.65 Å². The molecule has 7 nitrogen and oxygen atoms in total. The Bertz CT molecular complexity index is 1020. The number of pyridine rings is 1. The largest absolute Gasteiger partial charge is 0.363 e. The van der Waals surface area contributed by atoms with E-state index in [1.54, 1.807) is 18.5 Å². The number of likely N-dealkylation sites (tertiary alicyclic amines) is 1. The third kappa shape index (κ3) is 3.64. The molecular weight excluding hydrogens is 383 g/mol. The summed E-state index contributed by atoms with van der Waals surface area (Å²) < 4.78 is 14.4. The van der Waals surface area contributed by atoms with Crippen molar-refractivity contribution >= 4 is 34.4 Å². The molecule has 0 bridgehead atoms. The molecule has 2 N–H and O–H groups in total. The molecule has 0 aromatic carbocycles. The minimum atomic E-state index is -0.529. The van der Waals surface area contributed by atoms with E-state index in [0.717, 1.165) is 31.0 Å². The smallest absolute Gasteiger partial charge is 0.222 e. The van der Waals surface area contributed by atoms with Crippen LogP contribution in [0.4, 0.5) is 10.2 Å². The fourth-order valence-electron chi connectivity index (χ4n) is 3.50.